The van der Waals surface area contributed by atoms with E-state index in [0.29, 0.717) is 23.3 Å². The van der Waals surface area contributed by atoms with Gasteiger partial charge in [0.05, 0.1) is 23.8 Å². The van der Waals surface area contributed by atoms with Gasteiger partial charge in [0.25, 0.3) is 0 Å². The highest BCUT2D eigenvalue weighted by atomic mass is 16.5. The number of benzene rings is 2. The molecule has 0 aromatic heterocycles. The monoisotopic (exact) mass is 321 g/mol. The van der Waals surface area contributed by atoms with Gasteiger partial charge < -0.3 is 9.47 Å². The molecule has 120 valence electrons. The third-order valence-corrected chi connectivity index (χ3v) is 3.19. The normalized spacial score (nSPS) is 9.62. The lowest BCUT2D eigenvalue weighted by Crippen LogP contribution is -2.08. The van der Waals surface area contributed by atoms with Crippen molar-refractivity contribution in [2.45, 2.75) is 6.42 Å². The van der Waals surface area contributed by atoms with E-state index in [1.807, 2.05) is 6.07 Å². The Balaban J connectivity index is 1.90. The van der Waals surface area contributed by atoms with Gasteiger partial charge in [-0.15, -0.1) is 0 Å². The second-order valence-corrected chi connectivity index (χ2v) is 4.84. The second kappa shape index (κ2) is 8.30. The highest BCUT2D eigenvalue weighted by Gasteiger charge is 2.08. The van der Waals surface area contributed by atoms with Crippen molar-refractivity contribution in [2.75, 3.05) is 6.61 Å². The molecular weight excluding hydrogens is 306 g/mol. The van der Waals surface area contributed by atoms with Gasteiger partial charge in [-0.2, -0.15) is 5.26 Å². The average Bonchev–Trinajstić information content (AvgIpc) is 2.63. The summed E-state index contributed by atoms with van der Waals surface area (Å²) in [5.41, 5.74) is 1.80. The molecule has 0 amide bonds. The summed E-state index contributed by atoms with van der Waals surface area (Å²) in [4.78, 5) is 22.9. The van der Waals surface area contributed by atoms with Gasteiger partial charge in [0.2, 0.25) is 0 Å². The van der Waals surface area contributed by atoms with Crippen molar-refractivity contribution >= 4 is 11.9 Å². The lowest BCUT2D eigenvalue weighted by atomic mass is 10.1. The third kappa shape index (κ3) is 4.82. The predicted molar refractivity (Wildman–Crippen MR) is 87.4 cm³/mol. The number of carbonyl (C=O) groups excluding carboxylic acids is 2. The molecule has 0 bridgehead atoms. The van der Waals surface area contributed by atoms with Gasteiger partial charge in [0, 0.05) is 12.5 Å². The molecule has 0 N–H and O–H groups in total. The van der Waals surface area contributed by atoms with Crippen LogP contribution in [0.4, 0.5) is 0 Å². The van der Waals surface area contributed by atoms with Crippen molar-refractivity contribution in [1.82, 2.24) is 0 Å². The van der Waals surface area contributed by atoms with Crippen molar-refractivity contribution in [3.8, 4) is 11.8 Å². The third-order valence-electron chi connectivity index (χ3n) is 3.19. The van der Waals surface area contributed by atoms with E-state index in [2.05, 4.69) is 6.58 Å². The highest BCUT2D eigenvalue weighted by Crippen LogP contribution is 2.15. The van der Waals surface area contributed by atoms with Crippen LogP contribution in [0.3, 0.4) is 0 Å². The molecule has 0 aliphatic carbocycles. The molecule has 0 atom stereocenters. The second-order valence-electron chi connectivity index (χ2n) is 4.84. The van der Waals surface area contributed by atoms with Crippen molar-refractivity contribution in [2.24, 2.45) is 0 Å². The van der Waals surface area contributed by atoms with Crippen LogP contribution in [0.5, 0.6) is 5.75 Å². The van der Waals surface area contributed by atoms with Crippen LogP contribution < -0.4 is 4.74 Å². The minimum atomic E-state index is -0.493. The molecule has 0 saturated carbocycles. The first kappa shape index (κ1) is 17.0. The number of hydrogen-bond acceptors (Lipinski definition) is 5. The fourth-order valence-electron chi connectivity index (χ4n) is 1.90. The summed E-state index contributed by atoms with van der Waals surface area (Å²) in [6.45, 7) is 3.58. The van der Waals surface area contributed by atoms with E-state index in [-0.39, 0.29) is 6.61 Å². The molecule has 0 heterocycles. The van der Waals surface area contributed by atoms with Crippen molar-refractivity contribution in [3.63, 3.8) is 0 Å². The van der Waals surface area contributed by atoms with Gasteiger partial charge in [-0.3, -0.25) is 0 Å². The summed E-state index contributed by atoms with van der Waals surface area (Å²) in [5, 5.41) is 8.74. The Morgan fingerprint density at radius 3 is 2.33 bits per heavy atom. The molecule has 0 spiro atoms. The van der Waals surface area contributed by atoms with E-state index in [0.717, 1.165) is 11.6 Å². The van der Waals surface area contributed by atoms with Crippen LogP contribution in [-0.4, -0.2) is 18.5 Å². The van der Waals surface area contributed by atoms with Crippen LogP contribution in [0, 0.1) is 11.3 Å². The molecule has 0 aliphatic rings. The molecule has 0 fully saturated rings. The lowest BCUT2D eigenvalue weighted by Gasteiger charge is -2.06. The van der Waals surface area contributed by atoms with E-state index in [4.69, 9.17) is 14.7 Å². The van der Waals surface area contributed by atoms with Crippen LogP contribution in [0.25, 0.3) is 0 Å². The zero-order valence-electron chi connectivity index (χ0n) is 12.9. The van der Waals surface area contributed by atoms with Crippen LogP contribution in [0.15, 0.2) is 61.2 Å². The van der Waals surface area contributed by atoms with E-state index in [1.54, 1.807) is 48.5 Å². The molecular formula is C19H15NO4. The molecule has 2 aromatic rings. The summed E-state index contributed by atoms with van der Waals surface area (Å²) >= 11 is 0. The first-order chi connectivity index (χ1) is 11.6. The van der Waals surface area contributed by atoms with E-state index >= 15 is 0 Å². The molecule has 0 aliphatic heterocycles. The number of carbonyl (C=O) groups is 2. The smallest absolute Gasteiger partial charge is 0.343 e. The van der Waals surface area contributed by atoms with Crippen molar-refractivity contribution in [1.29, 1.82) is 5.26 Å². The van der Waals surface area contributed by atoms with Gasteiger partial charge in [0.15, 0.2) is 0 Å². The van der Waals surface area contributed by atoms with E-state index in [1.165, 1.54) is 0 Å². The molecule has 2 aromatic carbocycles. The number of hydrogen-bond donors (Lipinski definition) is 0. The lowest BCUT2D eigenvalue weighted by molar-refractivity contribution is -0.137. The van der Waals surface area contributed by atoms with Crippen LogP contribution in [0.2, 0.25) is 0 Å². The summed E-state index contributed by atoms with van der Waals surface area (Å²) in [6, 6.07) is 15.1. The van der Waals surface area contributed by atoms with Crippen molar-refractivity contribution < 1.29 is 19.1 Å². The standard InChI is InChI=1S/C19H15NO4/c1-2-18(21)23-12-11-14-5-9-17(10-6-14)24-19(22)16-7-3-15(13-20)4-8-16/h2-10H,1,11-12H2. The molecule has 2 rings (SSSR count). The summed E-state index contributed by atoms with van der Waals surface area (Å²) in [6.07, 6.45) is 1.68. The zero-order valence-corrected chi connectivity index (χ0v) is 12.9. The van der Waals surface area contributed by atoms with E-state index in [9.17, 15) is 9.59 Å². The Hall–Kier alpha value is -3.39. The first-order valence-electron chi connectivity index (χ1n) is 7.23. The largest absolute Gasteiger partial charge is 0.462 e. The first-order valence-corrected chi connectivity index (χ1v) is 7.23. The fraction of sp³-hybridized carbons (Fsp3) is 0.105. The van der Waals surface area contributed by atoms with Gasteiger partial charge in [-0.1, -0.05) is 18.7 Å². The molecule has 0 radical (unpaired) electrons. The zero-order chi connectivity index (χ0) is 17.4. The molecule has 0 unspecified atom stereocenters. The average molecular weight is 321 g/mol. The van der Waals surface area contributed by atoms with Gasteiger partial charge in [-0.05, 0) is 42.0 Å². The molecule has 5 heteroatoms. The van der Waals surface area contributed by atoms with Crippen molar-refractivity contribution in [3.05, 3.63) is 77.9 Å². The summed E-state index contributed by atoms with van der Waals surface area (Å²) < 4.78 is 10.2. The molecule has 0 saturated heterocycles. The SMILES string of the molecule is C=CC(=O)OCCc1ccc(OC(=O)c2ccc(C#N)cc2)cc1. The number of nitrogens with zero attached hydrogens (tertiary/aromatic N) is 1. The minimum absolute atomic E-state index is 0.259. The number of nitriles is 1. The Bertz CT molecular complexity index is 771. The molecule has 5 nitrogen and oxygen atoms in total. The topological polar surface area (TPSA) is 76.4 Å². The van der Waals surface area contributed by atoms with Gasteiger partial charge >= 0.3 is 11.9 Å². The number of esters is 2. The van der Waals surface area contributed by atoms with Gasteiger partial charge in [0.1, 0.15) is 5.75 Å². The Labute approximate surface area is 139 Å². The predicted octanol–water partition coefficient (Wildman–Crippen LogP) is 3.05. The van der Waals surface area contributed by atoms with Crippen LogP contribution in [-0.2, 0) is 16.0 Å². The summed E-state index contributed by atoms with van der Waals surface area (Å²) in [7, 11) is 0. The number of ether oxygens (including phenoxy) is 2. The minimum Gasteiger partial charge on any atom is -0.462 e. The molecule has 24 heavy (non-hydrogen) atoms. The Kier molecular flexibility index (Phi) is 5.87. The quantitative estimate of drug-likeness (QED) is 0.464. The maximum Gasteiger partial charge on any atom is 0.343 e. The summed E-state index contributed by atoms with van der Waals surface area (Å²) in [5.74, 6) is -0.536. The van der Waals surface area contributed by atoms with Crippen LogP contribution >= 0.6 is 0 Å². The fourth-order valence-corrected chi connectivity index (χ4v) is 1.90. The maximum absolute atomic E-state index is 12.0. The Morgan fingerprint density at radius 1 is 1.08 bits per heavy atom. The highest BCUT2D eigenvalue weighted by molar-refractivity contribution is 5.91. The number of rotatable bonds is 6. The Morgan fingerprint density at radius 2 is 1.75 bits per heavy atom. The van der Waals surface area contributed by atoms with Crippen LogP contribution in [0.1, 0.15) is 21.5 Å². The maximum atomic E-state index is 12.0. The van der Waals surface area contributed by atoms with Gasteiger partial charge in [-0.25, -0.2) is 9.59 Å². The van der Waals surface area contributed by atoms with E-state index < -0.39 is 11.9 Å².